The molecule has 0 spiro atoms. The van der Waals surface area contributed by atoms with Crippen molar-refractivity contribution in [2.24, 2.45) is 0 Å². The molecule has 2 atom stereocenters. The summed E-state index contributed by atoms with van der Waals surface area (Å²) in [6.45, 7) is 3.46. The molecule has 0 saturated carbocycles. The first-order chi connectivity index (χ1) is 13.9. The van der Waals surface area contributed by atoms with Crippen LogP contribution >= 0.6 is 12.4 Å². The molecule has 2 amide bonds. The van der Waals surface area contributed by atoms with E-state index in [1.165, 1.54) is 13.0 Å². The number of piperidine rings is 1. The van der Waals surface area contributed by atoms with Gasteiger partial charge in [0.2, 0.25) is 5.91 Å². The third-order valence-electron chi connectivity index (χ3n) is 5.79. The minimum Gasteiger partial charge on any atom is -0.347 e. The molecule has 1 saturated heterocycles. The van der Waals surface area contributed by atoms with Gasteiger partial charge in [-0.1, -0.05) is 6.07 Å². The molecular weight excluding hydrogens is 412 g/mol. The van der Waals surface area contributed by atoms with Crippen LogP contribution in [0.15, 0.2) is 36.4 Å². The Labute approximate surface area is 180 Å². The van der Waals surface area contributed by atoms with Crippen molar-refractivity contribution in [3.05, 3.63) is 64.7 Å². The van der Waals surface area contributed by atoms with E-state index < -0.39 is 11.6 Å². The van der Waals surface area contributed by atoms with Gasteiger partial charge < -0.3 is 15.5 Å². The summed E-state index contributed by atoms with van der Waals surface area (Å²) in [7, 11) is 0. The van der Waals surface area contributed by atoms with Crippen LogP contribution < -0.4 is 15.5 Å². The van der Waals surface area contributed by atoms with Gasteiger partial charge in [-0.05, 0) is 60.8 Å². The highest BCUT2D eigenvalue weighted by atomic mass is 35.5. The summed E-state index contributed by atoms with van der Waals surface area (Å²) >= 11 is 0. The van der Waals surface area contributed by atoms with Gasteiger partial charge in [0, 0.05) is 43.2 Å². The molecule has 0 radical (unpaired) electrons. The van der Waals surface area contributed by atoms with Crippen molar-refractivity contribution >= 4 is 29.9 Å². The molecule has 2 aliphatic rings. The first-order valence-electron chi connectivity index (χ1n) is 9.81. The number of rotatable bonds is 3. The van der Waals surface area contributed by atoms with Crippen molar-refractivity contribution in [2.75, 3.05) is 24.5 Å². The van der Waals surface area contributed by atoms with Crippen LogP contribution in [-0.2, 0) is 11.2 Å². The molecule has 1 fully saturated rings. The van der Waals surface area contributed by atoms with Crippen LogP contribution in [0.25, 0.3) is 0 Å². The van der Waals surface area contributed by atoms with Crippen LogP contribution in [0.3, 0.4) is 0 Å². The van der Waals surface area contributed by atoms with Crippen LogP contribution in [-0.4, -0.2) is 37.5 Å². The Kier molecular flexibility index (Phi) is 6.73. The topological polar surface area (TPSA) is 61.4 Å². The molecule has 2 aromatic carbocycles. The average Bonchev–Trinajstić information content (AvgIpc) is 3.14. The minimum absolute atomic E-state index is 0. The lowest BCUT2D eigenvalue weighted by molar-refractivity contribution is -0.116. The Balaban J connectivity index is 0.00000256. The molecule has 2 aromatic rings. The molecule has 0 aliphatic carbocycles. The second kappa shape index (κ2) is 9.10. The van der Waals surface area contributed by atoms with Gasteiger partial charge in [-0.2, -0.15) is 0 Å². The van der Waals surface area contributed by atoms with Crippen molar-refractivity contribution in [3.8, 4) is 0 Å². The van der Waals surface area contributed by atoms with Crippen molar-refractivity contribution < 1.29 is 18.4 Å². The Bertz CT molecular complexity index is 969. The molecule has 160 valence electrons. The molecular formula is C22H24ClF2N3O2. The molecule has 4 rings (SSSR count). The molecule has 0 bridgehead atoms. The van der Waals surface area contributed by atoms with E-state index in [-0.39, 0.29) is 36.2 Å². The van der Waals surface area contributed by atoms with E-state index in [0.29, 0.717) is 30.6 Å². The van der Waals surface area contributed by atoms with Gasteiger partial charge >= 0.3 is 0 Å². The third-order valence-corrected chi connectivity index (χ3v) is 5.79. The smallest absolute Gasteiger partial charge is 0.251 e. The van der Waals surface area contributed by atoms with Gasteiger partial charge in [-0.15, -0.1) is 12.4 Å². The molecule has 2 heterocycles. The molecule has 2 aliphatic heterocycles. The van der Waals surface area contributed by atoms with Crippen LogP contribution in [0.5, 0.6) is 0 Å². The monoisotopic (exact) mass is 435 g/mol. The maximum Gasteiger partial charge on any atom is 0.251 e. The summed E-state index contributed by atoms with van der Waals surface area (Å²) < 4.78 is 27.0. The Morgan fingerprint density at radius 2 is 1.93 bits per heavy atom. The van der Waals surface area contributed by atoms with Crippen LogP contribution in [0, 0.1) is 11.6 Å². The number of hydrogen-bond acceptors (Lipinski definition) is 3. The highest BCUT2D eigenvalue weighted by molar-refractivity contribution is 5.98. The number of amides is 2. The number of carbonyl (C=O) groups is 2. The van der Waals surface area contributed by atoms with E-state index in [0.717, 1.165) is 30.3 Å². The maximum atomic E-state index is 13.7. The third kappa shape index (κ3) is 4.32. The average molecular weight is 436 g/mol. The number of nitrogens with zero attached hydrogens (tertiary/aromatic N) is 1. The van der Waals surface area contributed by atoms with Gasteiger partial charge in [0.25, 0.3) is 5.91 Å². The van der Waals surface area contributed by atoms with E-state index in [2.05, 4.69) is 10.6 Å². The highest BCUT2D eigenvalue weighted by Crippen LogP contribution is 2.30. The van der Waals surface area contributed by atoms with E-state index in [4.69, 9.17) is 0 Å². The summed E-state index contributed by atoms with van der Waals surface area (Å²) in [5.74, 6) is -2.07. The Morgan fingerprint density at radius 1 is 1.13 bits per heavy atom. The zero-order chi connectivity index (χ0) is 20.5. The van der Waals surface area contributed by atoms with Gasteiger partial charge in [0.1, 0.15) is 0 Å². The van der Waals surface area contributed by atoms with Crippen LogP contribution in [0.2, 0.25) is 0 Å². The standard InChI is InChI=1S/C22H23F2N3O2.ClH/c1-13(28)27-9-7-15-10-16(3-5-21(15)27)22(29)26-20-12-25-8-6-17(20)14-2-4-18(23)19(24)11-14;/h2-5,10-11,17,20,25H,6-9,12H2,1H3,(H,26,29);1H. The fraction of sp³-hybridized carbons (Fsp3) is 0.364. The molecule has 8 heteroatoms. The first kappa shape index (κ1) is 22.2. The largest absolute Gasteiger partial charge is 0.347 e. The lowest BCUT2D eigenvalue weighted by Crippen LogP contribution is -2.50. The van der Waals surface area contributed by atoms with Crippen molar-refractivity contribution in [1.29, 1.82) is 0 Å². The normalized spacial score (nSPS) is 20.3. The van der Waals surface area contributed by atoms with Gasteiger partial charge in [0.15, 0.2) is 11.6 Å². The van der Waals surface area contributed by atoms with E-state index in [1.54, 1.807) is 17.0 Å². The quantitative estimate of drug-likeness (QED) is 0.778. The number of nitrogens with one attached hydrogen (secondary N) is 2. The summed E-state index contributed by atoms with van der Waals surface area (Å²) in [5.41, 5.74) is 3.05. The van der Waals surface area contributed by atoms with E-state index in [1.807, 2.05) is 12.1 Å². The predicted octanol–water partition coefficient (Wildman–Crippen LogP) is 3.17. The molecule has 5 nitrogen and oxygen atoms in total. The van der Waals surface area contributed by atoms with Crippen molar-refractivity contribution in [3.63, 3.8) is 0 Å². The summed E-state index contributed by atoms with van der Waals surface area (Å²) in [6, 6.07) is 9.06. The second-order valence-corrected chi connectivity index (χ2v) is 7.62. The van der Waals surface area contributed by atoms with Crippen LogP contribution in [0.1, 0.15) is 40.7 Å². The summed E-state index contributed by atoms with van der Waals surface area (Å²) in [5, 5.41) is 6.30. The fourth-order valence-electron chi connectivity index (χ4n) is 4.27. The number of carbonyl (C=O) groups excluding carboxylic acids is 2. The molecule has 2 N–H and O–H groups in total. The SMILES string of the molecule is CC(=O)N1CCc2cc(C(=O)NC3CNCCC3c3ccc(F)c(F)c3)ccc21.Cl. The fourth-order valence-corrected chi connectivity index (χ4v) is 4.27. The van der Waals surface area contributed by atoms with Gasteiger partial charge in [-0.3, -0.25) is 9.59 Å². The molecule has 30 heavy (non-hydrogen) atoms. The number of fused-ring (bicyclic) bond motifs is 1. The molecule has 0 aromatic heterocycles. The van der Waals surface area contributed by atoms with Gasteiger partial charge in [0.05, 0.1) is 0 Å². The maximum absolute atomic E-state index is 13.7. The molecule has 2 unspecified atom stereocenters. The lowest BCUT2D eigenvalue weighted by Gasteiger charge is -2.33. The lowest BCUT2D eigenvalue weighted by atomic mass is 9.85. The zero-order valence-corrected chi connectivity index (χ0v) is 17.4. The van der Waals surface area contributed by atoms with Crippen LogP contribution in [0.4, 0.5) is 14.5 Å². The first-order valence-corrected chi connectivity index (χ1v) is 9.81. The summed E-state index contributed by atoms with van der Waals surface area (Å²) in [6.07, 6.45) is 1.44. The van der Waals surface area contributed by atoms with Gasteiger partial charge in [-0.25, -0.2) is 8.78 Å². The Morgan fingerprint density at radius 3 is 2.67 bits per heavy atom. The number of anilines is 1. The Hall–Kier alpha value is -2.51. The summed E-state index contributed by atoms with van der Waals surface area (Å²) in [4.78, 5) is 26.3. The van der Waals surface area contributed by atoms with Crippen molar-refractivity contribution in [2.45, 2.75) is 31.7 Å². The minimum atomic E-state index is -0.875. The predicted molar refractivity (Wildman–Crippen MR) is 113 cm³/mol. The number of benzene rings is 2. The number of halogens is 3. The second-order valence-electron chi connectivity index (χ2n) is 7.62. The highest BCUT2D eigenvalue weighted by Gasteiger charge is 2.29. The number of hydrogen-bond donors (Lipinski definition) is 2. The van der Waals surface area contributed by atoms with E-state index >= 15 is 0 Å². The zero-order valence-electron chi connectivity index (χ0n) is 16.6. The van der Waals surface area contributed by atoms with Crippen molar-refractivity contribution in [1.82, 2.24) is 10.6 Å². The van der Waals surface area contributed by atoms with E-state index in [9.17, 15) is 18.4 Å².